The summed E-state index contributed by atoms with van der Waals surface area (Å²) in [5, 5.41) is 20.6. The number of rotatable bonds is 3. The minimum atomic E-state index is -0.665. The second-order valence-corrected chi connectivity index (χ2v) is 6.33. The fraction of sp³-hybridized carbons (Fsp3) is 0.611. The molecule has 108 valence electrons. The first-order valence-electron chi connectivity index (χ1n) is 7.69. The molecule has 0 heterocycles. The standard InChI is InChI=1S/C18H25NO/c1-4-15-8-6-10-18(11-15,12-19)17(20)16-9-5-7-13(2)14(16)3/h5,7,9,15,17,20H,4,6,8,10-11H2,1-3H3. The van der Waals surface area contributed by atoms with E-state index in [1.165, 1.54) is 12.0 Å². The van der Waals surface area contributed by atoms with E-state index in [9.17, 15) is 10.4 Å². The highest BCUT2D eigenvalue weighted by Crippen LogP contribution is 2.48. The summed E-state index contributed by atoms with van der Waals surface area (Å²) in [4.78, 5) is 0. The zero-order valence-corrected chi connectivity index (χ0v) is 12.8. The third-order valence-corrected chi connectivity index (χ3v) is 5.15. The predicted octanol–water partition coefficient (Wildman–Crippen LogP) is 4.45. The van der Waals surface area contributed by atoms with Gasteiger partial charge in [-0.3, -0.25) is 0 Å². The Hall–Kier alpha value is -1.33. The Kier molecular flexibility index (Phi) is 4.50. The molecule has 1 fully saturated rings. The Labute approximate surface area is 122 Å². The lowest BCUT2D eigenvalue weighted by Crippen LogP contribution is -2.34. The highest BCUT2D eigenvalue weighted by molar-refractivity contribution is 5.36. The van der Waals surface area contributed by atoms with Gasteiger partial charge in [-0.25, -0.2) is 0 Å². The van der Waals surface area contributed by atoms with Crippen molar-refractivity contribution in [1.82, 2.24) is 0 Å². The van der Waals surface area contributed by atoms with Crippen molar-refractivity contribution in [2.24, 2.45) is 11.3 Å². The lowest BCUT2D eigenvalue weighted by molar-refractivity contribution is 0.0181. The predicted molar refractivity (Wildman–Crippen MR) is 81.2 cm³/mol. The molecule has 3 atom stereocenters. The number of aliphatic hydroxyl groups is 1. The van der Waals surface area contributed by atoms with Crippen molar-refractivity contribution in [3.63, 3.8) is 0 Å². The molecule has 1 N–H and O–H groups in total. The number of benzene rings is 1. The number of hydrogen-bond donors (Lipinski definition) is 1. The molecule has 1 aromatic rings. The van der Waals surface area contributed by atoms with E-state index in [-0.39, 0.29) is 0 Å². The van der Waals surface area contributed by atoms with Gasteiger partial charge in [-0.2, -0.15) is 5.26 Å². The van der Waals surface area contributed by atoms with Crippen molar-refractivity contribution in [2.75, 3.05) is 0 Å². The maximum absolute atomic E-state index is 10.9. The number of nitrogens with zero attached hydrogens (tertiary/aromatic N) is 1. The van der Waals surface area contributed by atoms with Gasteiger partial charge in [0.25, 0.3) is 0 Å². The smallest absolute Gasteiger partial charge is 0.0979 e. The first kappa shape index (κ1) is 15.1. The van der Waals surface area contributed by atoms with Gasteiger partial charge in [0.2, 0.25) is 0 Å². The van der Waals surface area contributed by atoms with Crippen molar-refractivity contribution < 1.29 is 5.11 Å². The molecule has 0 bridgehead atoms. The van der Waals surface area contributed by atoms with E-state index < -0.39 is 11.5 Å². The molecule has 0 aromatic heterocycles. The first-order chi connectivity index (χ1) is 9.54. The van der Waals surface area contributed by atoms with E-state index in [0.717, 1.165) is 36.8 Å². The molecule has 0 aliphatic heterocycles. The molecular weight excluding hydrogens is 246 g/mol. The van der Waals surface area contributed by atoms with Gasteiger partial charge in [-0.15, -0.1) is 0 Å². The molecule has 0 saturated heterocycles. The summed E-state index contributed by atoms with van der Waals surface area (Å²) in [6, 6.07) is 8.48. The summed E-state index contributed by atoms with van der Waals surface area (Å²) in [5.74, 6) is 0.572. The first-order valence-corrected chi connectivity index (χ1v) is 7.69. The van der Waals surface area contributed by atoms with Gasteiger partial charge in [-0.05, 0) is 49.3 Å². The summed E-state index contributed by atoms with van der Waals surface area (Å²) < 4.78 is 0. The van der Waals surface area contributed by atoms with Crippen molar-refractivity contribution in [2.45, 2.75) is 59.0 Å². The maximum Gasteiger partial charge on any atom is 0.0979 e. The summed E-state index contributed by atoms with van der Waals surface area (Å²) in [5.41, 5.74) is 2.63. The van der Waals surface area contributed by atoms with E-state index in [4.69, 9.17) is 0 Å². The minimum absolute atomic E-state index is 0.572. The Bertz CT molecular complexity index is 517. The topological polar surface area (TPSA) is 44.0 Å². The quantitative estimate of drug-likeness (QED) is 0.882. The number of nitriles is 1. The molecule has 1 saturated carbocycles. The van der Waals surface area contributed by atoms with E-state index in [2.05, 4.69) is 26.0 Å². The van der Waals surface area contributed by atoms with Crippen molar-refractivity contribution >= 4 is 0 Å². The van der Waals surface area contributed by atoms with Gasteiger partial charge in [0.15, 0.2) is 0 Å². The summed E-state index contributed by atoms with van der Waals surface area (Å²) in [6.45, 7) is 6.28. The molecule has 2 heteroatoms. The van der Waals surface area contributed by atoms with Crippen LogP contribution in [0.25, 0.3) is 0 Å². The van der Waals surface area contributed by atoms with Gasteiger partial charge in [0.05, 0.1) is 17.6 Å². The lowest BCUT2D eigenvalue weighted by Gasteiger charge is -2.39. The van der Waals surface area contributed by atoms with Crippen LogP contribution in [0.15, 0.2) is 18.2 Å². The van der Waals surface area contributed by atoms with E-state index in [1.54, 1.807) is 0 Å². The summed E-state index contributed by atoms with van der Waals surface area (Å²) in [7, 11) is 0. The van der Waals surface area contributed by atoms with Crippen LogP contribution in [0.3, 0.4) is 0 Å². The van der Waals surface area contributed by atoms with E-state index in [0.29, 0.717) is 5.92 Å². The average molecular weight is 271 g/mol. The van der Waals surface area contributed by atoms with E-state index >= 15 is 0 Å². The van der Waals surface area contributed by atoms with Gasteiger partial charge in [0, 0.05) is 0 Å². The van der Waals surface area contributed by atoms with Gasteiger partial charge >= 0.3 is 0 Å². The fourth-order valence-electron chi connectivity index (χ4n) is 3.55. The van der Waals surface area contributed by atoms with Crippen molar-refractivity contribution in [1.29, 1.82) is 5.26 Å². The van der Waals surface area contributed by atoms with Crippen molar-refractivity contribution in [3.8, 4) is 6.07 Å². The highest BCUT2D eigenvalue weighted by Gasteiger charge is 2.43. The second kappa shape index (κ2) is 5.97. The summed E-state index contributed by atoms with van der Waals surface area (Å²) in [6.07, 6.45) is 4.32. The highest BCUT2D eigenvalue weighted by atomic mass is 16.3. The van der Waals surface area contributed by atoms with Crippen LogP contribution >= 0.6 is 0 Å². The SMILES string of the molecule is CCC1CCCC(C#N)(C(O)c2cccc(C)c2C)C1. The van der Waals surface area contributed by atoms with Crippen LogP contribution in [0.2, 0.25) is 0 Å². The third-order valence-electron chi connectivity index (χ3n) is 5.15. The van der Waals surface area contributed by atoms with E-state index in [1.807, 2.05) is 19.1 Å². The van der Waals surface area contributed by atoms with Gasteiger partial charge in [0.1, 0.15) is 0 Å². The molecule has 20 heavy (non-hydrogen) atoms. The molecule has 1 aromatic carbocycles. The monoisotopic (exact) mass is 271 g/mol. The molecule has 0 spiro atoms. The Morgan fingerprint density at radius 1 is 1.45 bits per heavy atom. The molecule has 2 nitrogen and oxygen atoms in total. The van der Waals surface area contributed by atoms with Crippen LogP contribution < -0.4 is 0 Å². The minimum Gasteiger partial charge on any atom is -0.387 e. The Morgan fingerprint density at radius 2 is 2.20 bits per heavy atom. The van der Waals surface area contributed by atoms with Crippen LogP contribution in [-0.4, -0.2) is 5.11 Å². The lowest BCUT2D eigenvalue weighted by atomic mass is 9.65. The van der Waals surface area contributed by atoms with Crippen LogP contribution in [0.4, 0.5) is 0 Å². The largest absolute Gasteiger partial charge is 0.387 e. The third kappa shape index (κ3) is 2.60. The van der Waals surface area contributed by atoms with Gasteiger partial charge < -0.3 is 5.11 Å². The maximum atomic E-state index is 10.9. The molecule has 1 aliphatic carbocycles. The normalized spacial score (nSPS) is 27.9. The Morgan fingerprint density at radius 3 is 2.85 bits per heavy atom. The molecule has 1 aliphatic rings. The van der Waals surface area contributed by atoms with Crippen LogP contribution in [-0.2, 0) is 0 Å². The number of aryl methyl sites for hydroxylation is 1. The van der Waals surface area contributed by atoms with Crippen LogP contribution in [0.5, 0.6) is 0 Å². The summed E-state index contributed by atoms with van der Waals surface area (Å²) >= 11 is 0. The average Bonchev–Trinajstić information content (AvgIpc) is 2.49. The van der Waals surface area contributed by atoms with Crippen molar-refractivity contribution in [3.05, 3.63) is 34.9 Å². The zero-order valence-electron chi connectivity index (χ0n) is 12.8. The Balaban J connectivity index is 2.36. The number of hydrogen-bond acceptors (Lipinski definition) is 2. The van der Waals surface area contributed by atoms with Crippen LogP contribution in [0, 0.1) is 36.5 Å². The molecule has 2 rings (SSSR count). The molecular formula is C18H25NO. The molecule has 0 amide bonds. The van der Waals surface area contributed by atoms with Crippen LogP contribution in [0.1, 0.15) is 61.8 Å². The number of aliphatic hydroxyl groups excluding tert-OH is 1. The molecule has 0 radical (unpaired) electrons. The zero-order chi connectivity index (χ0) is 14.8. The fourth-order valence-corrected chi connectivity index (χ4v) is 3.55. The molecule has 3 unspecified atom stereocenters. The van der Waals surface area contributed by atoms with Gasteiger partial charge in [-0.1, -0.05) is 44.4 Å². The second-order valence-electron chi connectivity index (χ2n) is 6.33.